The van der Waals surface area contributed by atoms with Gasteiger partial charge >= 0.3 is 12.1 Å². The zero-order chi connectivity index (χ0) is 16.7. The van der Waals surface area contributed by atoms with Crippen molar-refractivity contribution in [2.75, 3.05) is 31.2 Å². The standard InChI is InChI=1S/C18H27NO4S/c1-18(14-7-12-6-13(9-14)10-15(18)8-12)23-16(20)11-22-17(21)19-2-4-24-5-3-19/h12-15H,2-11H2,1H3. The van der Waals surface area contributed by atoms with E-state index in [1.54, 1.807) is 4.90 Å². The molecular weight excluding hydrogens is 326 g/mol. The van der Waals surface area contributed by atoms with Crippen LogP contribution < -0.4 is 0 Å². The first kappa shape index (κ1) is 16.6. The predicted molar refractivity (Wildman–Crippen MR) is 91.8 cm³/mol. The highest BCUT2D eigenvalue weighted by Gasteiger charge is 2.57. The van der Waals surface area contributed by atoms with Crippen molar-refractivity contribution in [3.8, 4) is 0 Å². The molecule has 1 heterocycles. The largest absolute Gasteiger partial charge is 0.456 e. The summed E-state index contributed by atoms with van der Waals surface area (Å²) in [6, 6.07) is 0. The van der Waals surface area contributed by atoms with E-state index in [2.05, 4.69) is 6.92 Å². The van der Waals surface area contributed by atoms with E-state index in [1.807, 2.05) is 11.8 Å². The minimum atomic E-state index is -0.387. The Balaban J connectivity index is 1.30. The van der Waals surface area contributed by atoms with Gasteiger partial charge in [-0.3, -0.25) is 0 Å². The molecule has 0 radical (unpaired) electrons. The van der Waals surface area contributed by atoms with Gasteiger partial charge in [-0.05, 0) is 62.7 Å². The van der Waals surface area contributed by atoms with Crippen LogP contribution in [0.1, 0.15) is 39.0 Å². The number of esters is 1. The van der Waals surface area contributed by atoms with Crippen LogP contribution >= 0.6 is 11.8 Å². The van der Waals surface area contributed by atoms with Gasteiger partial charge in [0.15, 0.2) is 6.61 Å². The number of hydrogen-bond donors (Lipinski definition) is 0. The van der Waals surface area contributed by atoms with E-state index in [0.717, 1.165) is 23.3 Å². The first-order valence-corrected chi connectivity index (χ1v) is 10.4. The molecule has 5 nitrogen and oxygen atoms in total. The van der Waals surface area contributed by atoms with E-state index in [9.17, 15) is 9.59 Å². The normalized spacial score (nSPS) is 40.5. The minimum absolute atomic E-state index is 0.260. The molecule has 0 aromatic heterocycles. The Labute approximate surface area is 147 Å². The van der Waals surface area contributed by atoms with E-state index in [1.165, 1.54) is 32.1 Å². The number of hydrogen-bond acceptors (Lipinski definition) is 5. The predicted octanol–water partition coefficient (Wildman–Crippen LogP) is 2.93. The molecule has 1 amide bonds. The molecule has 134 valence electrons. The zero-order valence-corrected chi connectivity index (χ0v) is 15.2. The summed E-state index contributed by atoms with van der Waals surface area (Å²) in [7, 11) is 0. The van der Waals surface area contributed by atoms with Gasteiger partial charge in [0.05, 0.1) is 0 Å². The molecule has 5 aliphatic rings. The summed E-state index contributed by atoms with van der Waals surface area (Å²) in [6.07, 6.45) is 5.78. The second kappa shape index (κ2) is 6.43. The number of thioether (sulfide) groups is 1. The Bertz CT molecular complexity index is 489. The Morgan fingerprint density at radius 2 is 1.62 bits per heavy atom. The smallest absolute Gasteiger partial charge is 0.410 e. The number of amides is 1. The average Bonchev–Trinajstić information content (AvgIpc) is 2.58. The lowest BCUT2D eigenvalue weighted by Gasteiger charge is -2.59. The van der Waals surface area contributed by atoms with Crippen LogP contribution in [0.5, 0.6) is 0 Å². The lowest BCUT2D eigenvalue weighted by Crippen LogP contribution is -2.58. The fraction of sp³-hybridized carbons (Fsp3) is 0.889. The summed E-state index contributed by atoms with van der Waals surface area (Å²) in [5.74, 6) is 4.15. The van der Waals surface area contributed by atoms with E-state index >= 15 is 0 Å². The average molecular weight is 353 g/mol. The lowest BCUT2D eigenvalue weighted by atomic mass is 9.50. The van der Waals surface area contributed by atoms with Crippen molar-refractivity contribution in [1.82, 2.24) is 4.90 Å². The van der Waals surface area contributed by atoms with Crippen LogP contribution in [0, 0.1) is 23.7 Å². The van der Waals surface area contributed by atoms with Crippen LogP contribution in [0.2, 0.25) is 0 Å². The molecule has 0 atom stereocenters. The maximum absolute atomic E-state index is 12.3. The molecule has 0 aromatic carbocycles. The number of nitrogens with zero attached hydrogens (tertiary/aromatic N) is 1. The van der Waals surface area contributed by atoms with Crippen molar-refractivity contribution in [3.05, 3.63) is 0 Å². The van der Waals surface area contributed by atoms with Crippen molar-refractivity contribution in [3.63, 3.8) is 0 Å². The summed E-state index contributed by atoms with van der Waals surface area (Å²) in [4.78, 5) is 26.0. The zero-order valence-electron chi connectivity index (χ0n) is 14.4. The van der Waals surface area contributed by atoms with Crippen molar-refractivity contribution in [2.24, 2.45) is 23.7 Å². The number of carbonyl (C=O) groups excluding carboxylic acids is 2. The van der Waals surface area contributed by atoms with E-state index in [0.29, 0.717) is 24.9 Å². The van der Waals surface area contributed by atoms with Crippen LogP contribution in [-0.2, 0) is 14.3 Å². The molecule has 24 heavy (non-hydrogen) atoms. The highest BCUT2D eigenvalue weighted by molar-refractivity contribution is 7.99. The van der Waals surface area contributed by atoms with Gasteiger partial charge in [-0.1, -0.05) is 0 Å². The summed E-state index contributed by atoms with van der Waals surface area (Å²) >= 11 is 1.84. The molecule has 1 aliphatic heterocycles. The summed E-state index contributed by atoms with van der Waals surface area (Å²) in [5, 5.41) is 0. The molecule has 0 N–H and O–H groups in total. The molecule has 1 saturated heterocycles. The van der Waals surface area contributed by atoms with Crippen molar-refractivity contribution < 1.29 is 19.1 Å². The monoisotopic (exact) mass is 353 g/mol. The lowest BCUT2D eigenvalue weighted by molar-refractivity contribution is -0.205. The fourth-order valence-electron chi connectivity index (χ4n) is 5.52. The molecule has 0 aromatic rings. The van der Waals surface area contributed by atoms with Crippen molar-refractivity contribution in [2.45, 2.75) is 44.6 Å². The molecule has 0 spiro atoms. The van der Waals surface area contributed by atoms with Crippen LogP contribution in [0.25, 0.3) is 0 Å². The van der Waals surface area contributed by atoms with Gasteiger partial charge in [-0.2, -0.15) is 11.8 Å². The Morgan fingerprint density at radius 3 is 2.21 bits per heavy atom. The Morgan fingerprint density at radius 1 is 1.04 bits per heavy atom. The summed E-state index contributed by atoms with van der Waals surface area (Å²) < 4.78 is 11.1. The maximum Gasteiger partial charge on any atom is 0.410 e. The quantitative estimate of drug-likeness (QED) is 0.730. The molecule has 6 heteroatoms. The third-order valence-electron chi connectivity index (χ3n) is 6.68. The second-order valence-electron chi connectivity index (χ2n) is 8.12. The van der Waals surface area contributed by atoms with Gasteiger partial charge in [-0.25, -0.2) is 9.59 Å². The third kappa shape index (κ3) is 3.02. The first-order valence-electron chi connectivity index (χ1n) is 9.26. The summed E-state index contributed by atoms with van der Waals surface area (Å²) in [6.45, 7) is 3.25. The van der Waals surface area contributed by atoms with E-state index in [4.69, 9.17) is 9.47 Å². The van der Waals surface area contributed by atoms with Crippen LogP contribution in [0.15, 0.2) is 0 Å². The highest BCUT2D eigenvalue weighted by Crippen LogP contribution is 2.59. The molecule has 5 fully saturated rings. The van der Waals surface area contributed by atoms with E-state index < -0.39 is 0 Å². The van der Waals surface area contributed by atoms with Gasteiger partial charge < -0.3 is 14.4 Å². The summed E-state index contributed by atoms with van der Waals surface area (Å²) in [5.41, 5.74) is -0.349. The molecule has 5 rings (SSSR count). The van der Waals surface area contributed by atoms with Crippen LogP contribution in [0.4, 0.5) is 4.79 Å². The van der Waals surface area contributed by atoms with Gasteiger partial charge in [0.1, 0.15) is 5.60 Å². The Hall–Kier alpha value is -0.910. The first-order chi connectivity index (χ1) is 11.5. The third-order valence-corrected chi connectivity index (χ3v) is 7.62. The Kier molecular flexibility index (Phi) is 4.43. The van der Waals surface area contributed by atoms with Gasteiger partial charge in [-0.15, -0.1) is 0 Å². The molecule has 4 aliphatic carbocycles. The molecular formula is C18H27NO4S. The van der Waals surface area contributed by atoms with E-state index in [-0.39, 0.29) is 24.3 Å². The second-order valence-corrected chi connectivity index (χ2v) is 9.34. The minimum Gasteiger partial charge on any atom is -0.456 e. The SMILES string of the molecule is CC1(OC(=O)COC(=O)N2CCSCC2)C2CC3CC(C2)CC1C3. The number of carbonyl (C=O) groups is 2. The van der Waals surface area contributed by atoms with Gasteiger partial charge in [0.25, 0.3) is 0 Å². The topological polar surface area (TPSA) is 55.8 Å². The van der Waals surface area contributed by atoms with Crippen LogP contribution in [-0.4, -0.2) is 53.8 Å². The van der Waals surface area contributed by atoms with Crippen molar-refractivity contribution in [1.29, 1.82) is 0 Å². The van der Waals surface area contributed by atoms with Crippen molar-refractivity contribution >= 4 is 23.8 Å². The highest BCUT2D eigenvalue weighted by atomic mass is 32.2. The number of ether oxygens (including phenoxy) is 2. The molecule has 0 unspecified atom stereocenters. The van der Waals surface area contributed by atoms with Crippen LogP contribution in [0.3, 0.4) is 0 Å². The molecule has 4 bridgehead atoms. The van der Waals surface area contributed by atoms with Gasteiger partial charge in [0, 0.05) is 24.6 Å². The maximum atomic E-state index is 12.3. The fourth-order valence-corrected chi connectivity index (χ4v) is 6.42. The van der Waals surface area contributed by atoms with Gasteiger partial charge in [0.2, 0.25) is 0 Å². The molecule has 4 saturated carbocycles. The number of rotatable bonds is 3.